The Morgan fingerprint density at radius 3 is 2.75 bits per heavy atom. The summed E-state index contributed by atoms with van der Waals surface area (Å²) in [6, 6.07) is 0. The zero-order valence-electron chi connectivity index (χ0n) is 6.51. The quantitative estimate of drug-likeness (QED) is 0.632. The van der Waals surface area contributed by atoms with Gasteiger partial charge in [0.15, 0.2) is 0 Å². The van der Waals surface area contributed by atoms with Crippen LogP contribution in [0.15, 0.2) is 5.16 Å². The van der Waals surface area contributed by atoms with Gasteiger partial charge in [0.1, 0.15) is 0 Å². The fraction of sp³-hybridized carbons (Fsp3) is 0.833. The highest BCUT2D eigenvalue weighted by molar-refractivity contribution is 7.80. The van der Waals surface area contributed by atoms with Crippen molar-refractivity contribution >= 4 is 12.6 Å². The van der Waals surface area contributed by atoms with Crippen molar-refractivity contribution in [1.29, 1.82) is 0 Å². The van der Waals surface area contributed by atoms with E-state index in [0.29, 0.717) is 11.7 Å². The van der Waals surface area contributed by atoms with E-state index in [9.17, 15) is 5.11 Å². The number of hydrogen-bond donors (Lipinski definition) is 2. The molecule has 0 aromatic carbocycles. The predicted octanol–water partition coefficient (Wildman–Crippen LogP) is -0.123. The Kier molecular flexibility index (Phi) is 1.80. The maximum Gasteiger partial charge on any atom is 0.206 e. The fourth-order valence-corrected chi connectivity index (χ4v) is 1.47. The van der Waals surface area contributed by atoms with Gasteiger partial charge in [-0.1, -0.05) is 0 Å². The molecule has 6 heteroatoms. The minimum atomic E-state index is -0.590. The average Bonchev–Trinajstić information content (AvgIpc) is 2.34. The fourth-order valence-electron chi connectivity index (χ4n) is 1.32. The van der Waals surface area contributed by atoms with E-state index in [0.717, 1.165) is 19.3 Å². The minimum Gasteiger partial charge on any atom is -0.388 e. The number of aromatic nitrogens is 4. The largest absolute Gasteiger partial charge is 0.388 e. The third kappa shape index (κ3) is 1.32. The molecule has 0 amide bonds. The summed E-state index contributed by atoms with van der Waals surface area (Å²) < 4.78 is 1.52. The van der Waals surface area contributed by atoms with Crippen molar-refractivity contribution in [2.24, 2.45) is 0 Å². The lowest BCUT2D eigenvalue weighted by Gasteiger charge is -2.36. The molecule has 0 saturated heterocycles. The summed E-state index contributed by atoms with van der Waals surface area (Å²) in [6.45, 7) is 0.457. The molecule has 1 fully saturated rings. The van der Waals surface area contributed by atoms with Crippen LogP contribution in [-0.2, 0) is 6.54 Å². The molecule has 1 heterocycles. The normalized spacial score (nSPS) is 20.5. The second kappa shape index (κ2) is 2.70. The number of aliphatic hydroxyl groups is 1. The van der Waals surface area contributed by atoms with Crippen LogP contribution in [0.4, 0.5) is 0 Å². The van der Waals surface area contributed by atoms with Gasteiger partial charge in [-0.25, -0.2) is 4.68 Å². The maximum absolute atomic E-state index is 9.76. The third-order valence-electron chi connectivity index (χ3n) is 2.24. The van der Waals surface area contributed by atoms with Gasteiger partial charge in [0.25, 0.3) is 0 Å². The van der Waals surface area contributed by atoms with Gasteiger partial charge < -0.3 is 5.11 Å². The minimum absolute atomic E-state index is 0.454. The van der Waals surface area contributed by atoms with Crippen LogP contribution in [0, 0.1) is 0 Å². The molecular weight excluding hydrogens is 176 g/mol. The van der Waals surface area contributed by atoms with Gasteiger partial charge in [0.05, 0.1) is 12.1 Å². The van der Waals surface area contributed by atoms with Gasteiger partial charge in [-0.2, -0.15) is 0 Å². The standard InChI is InChI=1S/C6H10N4OS/c11-6(2-1-3-6)4-10-5(12)7-8-9-10/h11H,1-4H2,(H,7,9,12). The van der Waals surface area contributed by atoms with Crippen LogP contribution < -0.4 is 0 Å². The molecule has 1 aromatic rings. The second-order valence-corrected chi connectivity index (χ2v) is 3.61. The van der Waals surface area contributed by atoms with Gasteiger partial charge in [-0.15, -0.1) is 17.7 Å². The van der Waals surface area contributed by atoms with E-state index in [2.05, 4.69) is 28.2 Å². The first-order valence-electron chi connectivity index (χ1n) is 3.87. The first-order chi connectivity index (χ1) is 5.70. The van der Waals surface area contributed by atoms with Crippen LogP contribution in [0.1, 0.15) is 19.3 Å². The van der Waals surface area contributed by atoms with Crippen molar-refractivity contribution < 1.29 is 5.11 Å². The number of thiol groups is 1. The summed E-state index contributed by atoms with van der Waals surface area (Å²) in [5.74, 6) is 0. The van der Waals surface area contributed by atoms with Crippen molar-refractivity contribution in [1.82, 2.24) is 20.2 Å². The van der Waals surface area contributed by atoms with E-state index in [1.54, 1.807) is 0 Å². The second-order valence-electron chi connectivity index (χ2n) is 3.21. The Bertz CT molecular complexity index is 283. The first kappa shape index (κ1) is 8.00. The lowest BCUT2D eigenvalue weighted by atomic mass is 9.80. The van der Waals surface area contributed by atoms with E-state index in [4.69, 9.17) is 0 Å². The molecule has 1 saturated carbocycles. The maximum atomic E-state index is 9.76. The summed E-state index contributed by atoms with van der Waals surface area (Å²) in [5.41, 5.74) is -0.590. The molecule has 1 aliphatic carbocycles. The molecule has 0 bridgehead atoms. The summed E-state index contributed by atoms with van der Waals surface area (Å²) in [4.78, 5) is 0. The van der Waals surface area contributed by atoms with Gasteiger partial charge in [0, 0.05) is 0 Å². The number of rotatable bonds is 2. The van der Waals surface area contributed by atoms with E-state index in [1.807, 2.05) is 0 Å². The van der Waals surface area contributed by atoms with Crippen molar-refractivity contribution in [3.63, 3.8) is 0 Å². The molecule has 5 nitrogen and oxygen atoms in total. The van der Waals surface area contributed by atoms with Crippen LogP contribution in [0.5, 0.6) is 0 Å². The van der Waals surface area contributed by atoms with Crippen LogP contribution in [-0.4, -0.2) is 30.9 Å². The Morgan fingerprint density at radius 2 is 2.33 bits per heavy atom. The highest BCUT2D eigenvalue weighted by atomic mass is 32.1. The Balaban J connectivity index is 2.08. The average molecular weight is 186 g/mol. The van der Waals surface area contributed by atoms with Crippen LogP contribution >= 0.6 is 12.6 Å². The summed E-state index contributed by atoms with van der Waals surface area (Å²) in [5, 5.41) is 21.0. The van der Waals surface area contributed by atoms with Crippen LogP contribution in [0.25, 0.3) is 0 Å². The highest BCUT2D eigenvalue weighted by Crippen LogP contribution is 2.32. The van der Waals surface area contributed by atoms with Crippen molar-refractivity contribution in [3.8, 4) is 0 Å². The monoisotopic (exact) mass is 186 g/mol. The van der Waals surface area contributed by atoms with E-state index in [1.165, 1.54) is 4.68 Å². The predicted molar refractivity (Wildman–Crippen MR) is 43.9 cm³/mol. The molecule has 1 N–H and O–H groups in total. The Hall–Kier alpha value is -0.620. The van der Waals surface area contributed by atoms with E-state index < -0.39 is 5.60 Å². The van der Waals surface area contributed by atoms with Crippen LogP contribution in [0.3, 0.4) is 0 Å². The van der Waals surface area contributed by atoms with Crippen molar-refractivity contribution in [2.75, 3.05) is 0 Å². The summed E-state index contributed by atoms with van der Waals surface area (Å²) in [7, 11) is 0. The number of tetrazole rings is 1. The van der Waals surface area contributed by atoms with Crippen molar-refractivity contribution in [2.45, 2.75) is 36.6 Å². The van der Waals surface area contributed by atoms with E-state index in [-0.39, 0.29) is 0 Å². The summed E-state index contributed by atoms with van der Waals surface area (Å²) in [6.07, 6.45) is 2.75. The van der Waals surface area contributed by atoms with Gasteiger partial charge in [-0.05, 0) is 29.7 Å². The zero-order valence-corrected chi connectivity index (χ0v) is 7.41. The Labute approximate surface area is 75.2 Å². The first-order valence-corrected chi connectivity index (χ1v) is 4.32. The van der Waals surface area contributed by atoms with Crippen LogP contribution in [0.2, 0.25) is 0 Å². The third-order valence-corrected chi connectivity index (χ3v) is 2.56. The van der Waals surface area contributed by atoms with Gasteiger partial charge in [0.2, 0.25) is 5.16 Å². The SMILES string of the molecule is OC1(Cn2nnnc2S)CCC1. The molecule has 0 unspecified atom stereocenters. The molecule has 0 atom stereocenters. The lowest BCUT2D eigenvalue weighted by molar-refractivity contribution is -0.0520. The van der Waals surface area contributed by atoms with Gasteiger partial charge in [-0.3, -0.25) is 0 Å². The molecule has 2 rings (SSSR count). The molecule has 0 spiro atoms. The molecule has 12 heavy (non-hydrogen) atoms. The molecule has 66 valence electrons. The number of hydrogen-bond acceptors (Lipinski definition) is 5. The molecule has 0 radical (unpaired) electrons. The molecule has 1 aromatic heterocycles. The molecular formula is C6H10N4OS. The molecule has 0 aliphatic heterocycles. The van der Waals surface area contributed by atoms with Gasteiger partial charge >= 0.3 is 0 Å². The smallest absolute Gasteiger partial charge is 0.206 e. The highest BCUT2D eigenvalue weighted by Gasteiger charge is 2.35. The molecule has 1 aliphatic rings. The Morgan fingerprint density at radius 1 is 1.58 bits per heavy atom. The zero-order chi connectivity index (χ0) is 8.60. The van der Waals surface area contributed by atoms with E-state index >= 15 is 0 Å². The lowest BCUT2D eigenvalue weighted by Crippen LogP contribution is -2.41. The topological polar surface area (TPSA) is 63.8 Å². The number of nitrogens with zero attached hydrogens (tertiary/aromatic N) is 4. The van der Waals surface area contributed by atoms with Crippen molar-refractivity contribution in [3.05, 3.63) is 0 Å². The summed E-state index contributed by atoms with van der Waals surface area (Å²) >= 11 is 4.04.